The van der Waals surface area contributed by atoms with Crippen LogP contribution in [0.3, 0.4) is 0 Å². The van der Waals surface area contributed by atoms with Crippen molar-refractivity contribution < 1.29 is 19.4 Å². The fraction of sp³-hybridized carbons (Fsp3) is 0.172. The highest BCUT2D eigenvalue weighted by Crippen LogP contribution is 2.46. The van der Waals surface area contributed by atoms with E-state index >= 15 is 0 Å². The van der Waals surface area contributed by atoms with Crippen LogP contribution in [0.25, 0.3) is 16.7 Å². The van der Waals surface area contributed by atoms with E-state index in [0.717, 1.165) is 34.1 Å². The summed E-state index contributed by atoms with van der Waals surface area (Å²) < 4.78 is 5.43. The first-order valence-corrected chi connectivity index (χ1v) is 12.0. The molecular weight excluding hydrogens is 476 g/mol. The molecule has 6 nitrogen and oxygen atoms in total. The summed E-state index contributed by atoms with van der Waals surface area (Å²) in [5.74, 6) is -1.49. The van der Waals surface area contributed by atoms with Crippen molar-refractivity contribution in [2.45, 2.75) is 26.3 Å². The molecule has 4 aromatic rings. The second-order valence-electron chi connectivity index (χ2n) is 8.74. The third-order valence-corrected chi connectivity index (χ3v) is 6.94. The molecule has 2 heterocycles. The number of halogens is 1. The number of hydrogen-bond donors (Lipinski definition) is 2. The normalized spacial score (nSPS) is 17.2. The molecule has 3 aromatic carbocycles. The molecule has 1 amide bonds. The molecule has 1 aromatic heterocycles. The topological polar surface area (TPSA) is 82.6 Å². The van der Waals surface area contributed by atoms with Crippen LogP contribution in [-0.4, -0.2) is 28.9 Å². The molecular formula is C29H25ClN2O4. The second-order valence-corrected chi connectivity index (χ2v) is 9.18. The second kappa shape index (κ2) is 9.21. The van der Waals surface area contributed by atoms with Gasteiger partial charge in [-0.25, -0.2) is 0 Å². The zero-order chi connectivity index (χ0) is 25.6. The Morgan fingerprint density at radius 1 is 1.08 bits per heavy atom. The first kappa shape index (κ1) is 23.7. The van der Waals surface area contributed by atoms with Gasteiger partial charge in [0.1, 0.15) is 11.5 Å². The number of aliphatic hydroxyl groups excluding tert-OH is 1. The van der Waals surface area contributed by atoms with Crippen LogP contribution in [0, 0.1) is 6.92 Å². The zero-order valence-electron chi connectivity index (χ0n) is 20.1. The molecule has 1 aliphatic heterocycles. The van der Waals surface area contributed by atoms with E-state index in [-0.39, 0.29) is 16.9 Å². The molecule has 0 aliphatic carbocycles. The number of methoxy groups -OCH3 is 1. The number of ether oxygens (including phenoxy) is 1. The lowest BCUT2D eigenvalue weighted by atomic mass is 9.93. The molecule has 1 fully saturated rings. The van der Waals surface area contributed by atoms with Crippen molar-refractivity contribution in [1.29, 1.82) is 0 Å². The van der Waals surface area contributed by atoms with Crippen molar-refractivity contribution in [2.24, 2.45) is 0 Å². The number of Topliss-reactive ketones (excluding diaryl/α,β-unsaturated/α-hetero) is 1. The highest BCUT2D eigenvalue weighted by Gasteiger charge is 2.48. The monoisotopic (exact) mass is 500 g/mol. The predicted octanol–water partition coefficient (Wildman–Crippen LogP) is 6.33. The molecule has 0 radical (unpaired) electrons. The Bertz CT molecular complexity index is 1530. The van der Waals surface area contributed by atoms with Gasteiger partial charge in [-0.15, -0.1) is 0 Å². The van der Waals surface area contributed by atoms with Crippen molar-refractivity contribution in [3.8, 4) is 5.75 Å². The number of H-pyrrole nitrogens is 1. The number of aryl methyl sites for hydroxylation is 2. The molecule has 0 bridgehead atoms. The summed E-state index contributed by atoms with van der Waals surface area (Å²) in [5, 5.41) is 12.8. The van der Waals surface area contributed by atoms with E-state index in [4.69, 9.17) is 16.3 Å². The van der Waals surface area contributed by atoms with Gasteiger partial charge in [-0.05, 0) is 55.3 Å². The lowest BCUT2D eigenvalue weighted by Crippen LogP contribution is -2.29. The molecule has 36 heavy (non-hydrogen) atoms. The smallest absolute Gasteiger partial charge is 0.300 e. The van der Waals surface area contributed by atoms with Crippen molar-refractivity contribution in [3.05, 3.63) is 99.7 Å². The number of para-hydroxylation sites is 1. The number of fused-ring (bicyclic) bond motifs is 1. The van der Waals surface area contributed by atoms with Gasteiger partial charge in [-0.2, -0.15) is 0 Å². The molecule has 1 unspecified atom stereocenters. The number of hydrogen-bond acceptors (Lipinski definition) is 4. The lowest BCUT2D eigenvalue weighted by Gasteiger charge is -2.26. The van der Waals surface area contributed by atoms with Crippen LogP contribution >= 0.6 is 11.6 Å². The van der Waals surface area contributed by atoms with Gasteiger partial charge in [0.15, 0.2) is 0 Å². The highest BCUT2D eigenvalue weighted by molar-refractivity contribution is 6.52. The van der Waals surface area contributed by atoms with E-state index in [2.05, 4.69) is 11.9 Å². The van der Waals surface area contributed by atoms with Crippen LogP contribution in [0.5, 0.6) is 5.75 Å². The first-order chi connectivity index (χ1) is 17.3. The van der Waals surface area contributed by atoms with Crippen molar-refractivity contribution in [2.75, 3.05) is 12.0 Å². The summed E-state index contributed by atoms with van der Waals surface area (Å²) in [7, 11) is 1.47. The number of nitrogens with zero attached hydrogens (tertiary/aromatic N) is 1. The van der Waals surface area contributed by atoms with Crippen molar-refractivity contribution in [1.82, 2.24) is 4.98 Å². The van der Waals surface area contributed by atoms with Crippen LogP contribution in [0.1, 0.15) is 35.3 Å². The van der Waals surface area contributed by atoms with E-state index in [0.29, 0.717) is 16.5 Å². The van der Waals surface area contributed by atoms with Gasteiger partial charge in [0.2, 0.25) is 0 Å². The summed E-state index contributed by atoms with van der Waals surface area (Å²) in [6, 6.07) is 19.2. The Hall–Kier alpha value is -4.03. The van der Waals surface area contributed by atoms with E-state index in [9.17, 15) is 14.7 Å². The average molecular weight is 501 g/mol. The number of benzene rings is 3. The quantitative estimate of drug-likeness (QED) is 0.191. The molecule has 1 aliphatic rings. The minimum Gasteiger partial charge on any atom is -0.507 e. The van der Waals surface area contributed by atoms with Gasteiger partial charge in [0, 0.05) is 32.9 Å². The standard InChI is InChI=1S/C29H25ClN2O4/c1-4-17-9-12-19(13-10-17)32-26(24-16(2)31-22-8-6-5-7-20(22)24)25(28(34)29(32)35)27(33)21-15-18(30)11-14-23(21)36-3/h5-15,26,31,33H,4H2,1-3H3/b27-25+. The highest BCUT2D eigenvalue weighted by atomic mass is 35.5. The predicted molar refractivity (Wildman–Crippen MR) is 142 cm³/mol. The molecule has 1 atom stereocenters. The Kier molecular flexibility index (Phi) is 6.06. The summed E-state index contributed by atoms with van der Waals surface area (Å²) in [6.45, 7) is 3.95. The van der Waals surface area contributed by atoms with Gasteiger partial charge < -0.3 is 14.8 Å². The maximum absolute atomic E-state index is 13.6. The number of nitrogens with one attached hydrogen (secondary N) is 1. The Labute approximate surface area is 213 Å². The zero-order valence-corrected chi connectivity index (χ0v) is 20.9. The third kappa shape index (κ3) is 3.74. The number of aliphatic hydroxyl groups is 1. The Morgan fingerprint density at radius 2 is 1.81 bits per heavy atom. The summed E-state index contributed by atoms with van der Waals surface area (Å²) in [6.07, 6.45) is 0.846. The van der Waals surface area contributed by atoms with Crippen molar-refractivity contribution in [3.63, 3.8) is 0 Å². The number of carbonyl (C=O) groups excluding carboxylic acids is 2. The molecule has 0 spiro atoms. The van der Waals surface area contributed by atoms with E-state index in [1.165, 1.54) is 18.1 Å². The average Bonchev–Trinajstić information content (AvgIpc) is 3.35. The number of rotatable bonds is 5. The maximum atomic E-state index is 13.6. The minimum atomic E-state index is -0.864. The van der Waals surface area contributed by atoms with Crippen LogP contribution < -0.4 is 9.64 Å². The fourth-order valence-corrected chi connectivity index (χ4v) is 5.10. The van der Waals surface area contributed by atoms with Crippen LogP contribution in [0.2, 0.25) is 5.02 Å². The maximum Gasteiger partial charge on any atom is 0.300 e. The van der Waals surface area contributed by atoms with Crippen LogP contribution in [0.4, 0.5) is 5.69 Å². The van der Waals surface area contributed by atoms with Crippen LogP contribution in [-0.2, 0) is 16.0 Å². The molecule has 5 rings (SSSR count). The summed E-state index contributed by atoms with van der Waals surface area (Å²) >= 11 is 6.23. The summed E-state index contributed by atoms with van der Waals surface area (Å²) in [5.41, 5.74) is 4.31. The van der Waals surface area contributed by atoms with Crippen molar-refractivity contribution >= 4 is 45.6 Å². The lowest BCUT2D eigenvalue weighted by molar-refractivity contribution is -0.132. The number of aromatic amines is 1. The molecule has 1 saturated heterocycles. The number of aromatic nitrogens is 1. The van der Waals surface area contributed by atoms with E-state index in [1.54, 1.807) is 12.1 Å². The van der Waals surface area contributed by atoms with Crippen LogP contribution in [0.15, 0.2) is 72.3 Å². The third-order valence-electron chi connectivity index (χ3n) is 6.70. The van der Waals surface area contributed by atoms with E-state index < -0.39 is 17.7 Å². The molecule has 7 heteroatoms. The SMILES string of the molecule is CCc1ccc(N2C(=O)C(=O)/C(=C(/O)c3cc(Cl)ccc3OC)C2c2c(C)[nH]c3ccccc23)cc1. The van der Waals surface area contributed by atoms with Gasteiger partial charge in [-0.3, -0.25) is 14.5 Å². The Balaban J connectivity index is 1.82. The first-order valence-electron chi connectivity index (χ1n) is 11.7. The molecule has 0 saturated carbocycles. The largest absolute Gasteiger partial charge is 0.507 e. The fourth-order valence-electron chi connectivity index (χ4n) is 4.93. The van der Waals surface area contributed by atoms with E-state index in [1.807, 2.05) is 55.5 Å². The summed E-state index contributed by atoms with van der Waals surface area (Å²) in [4.78, 5) is 31.9. The van der Waals surface area contributed by atoms with Gasteiger partial charge >= 0.3 is 0 Å². The number of amides is 1. The molecule has 182 valence electrons. The number of anilines is 1. The minimum absolute atomic E-state index is 0.0204. The van der Waals surface area contributed by atoms with Gasteiger partial charge in [-0.1, -0.05) is 48.9 Å². The number of carbonyl (C=O) groups is 2. The Morgan fingerprint density at radius 3 is 2.50 bits per heavy atom. The number of ketones is 1. The molecule has 2 N–H and O–H groups in total. The van der Waals surface area contributed by atoms with Gasteiger partial charge in [0.05, 0.1) is 24.3 Å². The van der Waals surface area contributed by atoms with Gasteiger partial charge in [0.25, 0.3) is 11.7 Å².